The van der Waals surface area contributed by atoms with Crippen molar-refractivity contribution in [2.45, 2.75) is 179 Å². The van der Waals surface area contributed by atoms with Gasteiger partial charge in [-0.3, -0.25) is 9.13 Å². The molecular weight excluding hydrogens is 889 g/mol. The second-order valence-corrected chi connectivity index (χ2v) is 31.0. The number of nitrogens with one attached hydrogen (secondary N) is 1. The number of aliphatic hydroxyl groups is 2. The highest BCUT2D eigenvalue weighted by molar-refractivity contribution is 6.74. The number of amides is 1. The van der Waals surface area contributed by atoms with Crippen molar-refractivity contribution in [1.29, 1.82) is 0 Å². The summed E-state index contributed by atoms with van der Waals surface area (Å²) in [6.07, 6.45) is -0.693. The highest BCUT2D eigenvalue weighted by atomic mass is 28.4. The van der Waals surface area contributed by atoms with E-state index in [0.717, 1.165) is 0 Å². The summed E-state index contributed by atoms with van der Waals surface area (Å²) in [6.45, 7) is 27.2. The van der Waals surface area contributed by atoms with Crippen molar-refractivity contribution in [3.8, 4) is 0 Å². The van der Waals surface area contributed by atoms with E-state index in [4.69, 9.17) is 34.5 Å². The Morgan fingerprint density at radius 1 is 0.924 bits per heavy atom. The molecule has 2 fully saturated rings. The molecule has 2 aliphatic rings. The first-order chi connectivity index (χ1) is 30.4. The van der Waals surface area contributed by atoms with E-state index in [2.05, 4.69) is 97.9 Å². The fourth-order valence-electron chi connectivity index (χ4n) is 7.47. The van der Waals surface area contributed by atoms with Gasteiger partial charge >= 0.3 is 17.8 Å². The van der Waals surface area contributed by atoms with E-state index in [1.165, 1.54) is 10.9 Å². The van der Waals surface area contributed by atoms with Gasteiger partial charge in [0.2, 0.25) is 0 Å². The Kier molecular flexibility index (Phi) is 16.2. The van der Waals surface area contributed by atoms with Gasteiger partial charge in [0.25, 0.3) is 0 Å². The maximum Gasteiger partial charge on any atom is 0.408 e. The molecule has 8 atom stereocenters. The topological polar surface area (TPSA) is 287 Å². The number of carboxylic acid groups (broad SMARTS) is 1. The van der Waals surface area contributed by atoms with Gasteiger partial charge in [0.05, 0.1) is 19.0 Å². The van der Waals surface area contributed by atoms with Gasteiger partial charge in [0.1, 0.15) is 59.9 Å². The molecule has 1 amide bonds. The number of carboxylic acids is 1. The zero-order valence-corrected chi connectivity index (χ0v) is 42.9. The van der Waals surface area contributed by atoms with Crippen molar-refractivity contribution in [3.05, 3.63) is 34.9 Å². The third-order valence-corrected chi connectivity index (χ3v) is 22.2. The molecule has 2 saturated heterocycles. The van der Waals surface area contributed by atoms with E-state index in [1.54, 1.807) is 33.3 Å². The number of nitrogens with zero attached hydrogens (tertiary/aromatic N) is 7. The molecule has 3 aromatic rings. The number of hydrogen-bond acceptors (Lipinski definition) is 17. The number of aryl methyl sites for hydroxylation is 1. The summed E-state index contributed by atoms with van der Waals surface area (Å²) < 4.78 is 36.1. The van der Waals surface area contributed by atoms with E-state index < -0.39 is 95.6 Å². The number of aliphatic hydroxyl groups excluding tert-OH is 2. The van der Waals surface area contributed by atoms with Crippen LogP contribution >= 0.6 is 0 Å². The lowest BCUT2D eigenvalue weighted by atomic mass is 10.1. The van der Waals surface area contributed by atoms with Crippen LogP contribution in [-0.4, -0.2) is 146 Å². The first-order valence-electron chi connectivity index (χ1n) is 22.6. The third kappa shape index (κ3) is 12.5. The van der Waals surface area contributed by atoms with Crippen molar-refractivity contribution in [1.82, 2.24) is 39.3 Å². The van der Waals surface area contributed by atoms with E-state index in [0.29, 0.717) is 36.1 Å². The van der Waals surface area contributed by atoms with Crippen LogP contribution in [-0.2, 0) is 34.3 Å². The number of aliphatic carboxylic acids is 1. The summed E-state index contributed by atoms with van der Waals surface area (Å²) in [5.41, 5.74) is 12.5. The highest BCUT2D eigenvalue weighted by Gasteiger charge is 2.55. The number of nitrogen functional groups attached to an aromatic ring is 2. The predicted molar refractivity (Wildman–Crippen MR) is 252 cm³/mol. The van der Waals surface area contributed by atoms with Crippen LogP contribution in [0.15, 0.2) is 23.6 Å². The maximum atomic E-state index is 13.0. The predicted octanol–water partition coefficient (Wildman–Crippen LogP) is 4.17. The van der Waals surface area contributed by atoms with Gasteiger partial charge in [-0.05, 0) is 82.8 Å². The molecule has 1 unspecified atom stereocenters. The summed E-state index contributed by atoms with van der Waals surface area (Å²) >= 11 is 0. The standard InChI is InChI=1S/C43H74N10O11Si2/c1-41(2,3)62-40(59)49-26(38(56)57)16-18-51(17-14-15-25-20-52(39(58)50-34(25)44)30-19-27(55)29(22-54)60-30)21-28-32(63-65(10,11)42(4,5)6)33(64-66(12,13)43(7,8)9)37(61-28)53-24-48-31-35(45)46-23-47-36(31)53/h20,23-24,26-30,32-33,37,54-55H,14-19,21-22H2,1-13H3,(H,49,59)(H,56,57)(H2,44,50,58)(H2,45,46,47)/t26?,27-,28+,29+,30-,32+,33+,37+/m0/s1. The van der Waals surface area contributed by atoms with Crippen LogP contribution in [0.4, 0.5) is 16.4 Å². The summed E-state index contributed by atoms with van der Waals surface area (Å²) in [5, 5.41) is 32.5. The van der Waals surface area contributed by atoms with Crippen LogP contribution in [0.1, 0.15) is 99.6 Å². The molecule has 0 bridgehead atoms. The Hall–Kier alpha value is -4.08. The number of nitrogens with two attached hydrogens (primary N) is 2. The first-order valence-corrected chi connectivity index (χ1v) is 28.5. The zero-order chi connectivity index (χ0) is 49.3. The quantitative estimate of drug-likeness (QED) is 0.0976. The molecule has 0 spiro atoms. The van der Waals surface area contributed by atoms with Crippen molar-refractivity contribution < 1.29 is 48.0 Å². The Morgan fingerprint density at radius 3 is 2.14 bits per heavy atom. The van der Waals surface area contributed by atoms with Gasteiger partial charge < -0.3 is 60.1 Å². The van der Waals surface area contributed by atoms with Crippen LogP contribution in [0.2, 0.25) is 36.3 Å². The van der Waals surface area contributed by atoms with Crippen molar-refractivity contribution in [2.24, 2.45) is 0 Å². The number of aromatic nitrogens is 6. The zero-order valence-electron chi connectivity index (χ0n) is 40.9. The number of rotatable bonds is 18. The molecule has 370 valence electrons. The molecule has 2 aliphatic heterocycles. The SMILES string of the molecule is CC(C)(C)OC(=O)NC(CCN(CCCc1cn([C@@H]2C[C@H](O)[C@@H](CO)O2)c(=O)nc1N)C[C@H]1O[C@@H](n2cnc3c(N)ncnc32)[C@H](O[Si](C)(C)C(C)(C)C)[C@@H]1O[Si](C)(C)C(C)(C)C)C(=O)O. The number of carbonyl (C=O) groups is 2. The Bertz CT molecular complexity index is 2220. The van der Waals surface area contributed by atoms with Crippen LogP contribution in [0, 0.1) is 0 Å². The van der Waals surface area contributed by atoms with Gasteiger partial charge in [0.15, 0.2) is 34.3 Å². The summed E-state index contributed by atoms with van der Waals surface area (Å²) in [4.78, 5) is 57.9. The van der Waals surface area contributed by atoms with Crippen molar-refractivity contribution in [2.75, 3.05) is 37.7 Å². The normalized spacial score (nSPS) is 23.7. The molecule has 5 rings (SSSR count). The molecule has 23 heteroatoms. The number of carbonyl (C=O) groups excluding carboxylic acids is 1. The van der Waals surface area contributed by atoms with Gasteiger partial charge in [0, 0.05) is 31.3 Å². The Morgan fingerprint density at radius 2 is 1.56 bits per heavy atom. The van der Waals surface area contributed by atoms with Gasteiger partial charge in [-0.25, -0.2) is 29.3 Å². The molecule has 8 N–H and O–H groups in total. The molecule has 5 heterocycles. The average molecular weight is 963 g/mol. The van der Waals surface area contributed by atoms with E-state index in [9.17, 15) is 29.7 Å². The fraction of sp³-hybridized carbons (Fsp3) is 0.744. The third-order valence-electron chi connectivity index (χ3n) is 13.3. The molecule has 21 nitrogen and oxygen atoms in total. The van der Waals surface area contributed by atoms with Crippen LogP contribution < -0.4 is 22.5 Å². The lowest BCUT2D eigenvalue weighted by Crippen LogP contribution is -2.54. The minimum Gasteiger partial charge on any atom is -0.480 e. The van der Waals surface area contributed by atoms with Gasteiger partial charge in [-0.1, -0.05) is 41.5 Å². The second-order valence-electron chi connectivity index (χ2n) is 21.5. The number of alkyl carbamates (subject to hydrolysis) is 1. The molecule has 0 radical (unpaired) electrons. The summed E-state index contributed by atoms with van der Waals surface area (Å²) in [6, 6.07) is -1.29. The summed E-state index contributed by atoms with van der Waals surface area (Å²) in [7, 11) is -5.11. The molecule has 3 aromatic heterocycles. The van der Waals surface area contributed by atoms with Crippen LogP contribution in [0.5, 0.6) is 0 Å². The largest absolute Gasteiger partial charge is 0.480 e. The number of imidazole rings is 1. The smallest absolute Gasteiger partial charge is 0.408 e. The molecule has 0 aliphatic carbocycles. The Balaban J connectivity index is 1.54. The monoisotopic (exact) mass is 963 g/mol. The number of ether oxygens (including phenoxy) is 3. The highest BCUT2D eigenvalue weighted by Crippen LogP contribution is 2.46. The number of hydrogen-bond donors (Lipinski definition) is 6. The lowest BCUT2D eigenvalue weighted by Gasteiger charge is -2.44. The van der Waals surface area contributed by atoms with E-state index in [1.807, 2.05) is 4.57 Å². The molecule has 0 saturated carbocycles. The molecule has 66 heavy (non-hydrogen) atoms. The maximum absolute atomic E-state index is 13.0. The Labute approximate surface area is 389 Å². The van der Waals surface area contributed by atoms with Crippen molar-refractivity contribution in [3.63, 3.8) is 0 Å². The molecule has 0 aromatic carbocycles. The number of fused-ring (bicyclic) bond motifs is 1. The minimum absolute atomic E-state index is 0.00662. The minimum atomic E-state index is -2.56. The van der Waals surface area contributed by atoms with Crippen molar-refractivity contribution >= 4 is 51.5 Å². The fourth-order valence-corrected chi connectivity index (χ4v) is 10.1. The molecular formula is C43H74N10O11Si2. The second kappa shape index (κ2) is 20.3. The van der Waals surface area contributed by atoms with Crippen LogP contribution in [0.25, 0.3) is 11.2 Å². The van der Waals surface area contributed by atoms with Gasteiger partial charge in [-0.2, -0.15) is 4.98 Å². The average Bonchev–Trinajstić information content (AvgIpc) is 3.87. The van der Waals surface area contributed by atoms with Gasteiger partial charge in [-0.15, -0.1) is 0 Å². The first kappa shape index (κ1) is 52.9. The van der Waals surface area contributed by atoms with E-state index >= 15 is 0 Å². The number of anilines is 2. The van der Waals surface area contributed by atoms with Crippen LogP contribution in [0.3, 0.4) is 0 Å². The lowest BCUT2D eigenvalue weighted by molar-refractivity contribution is -0.139. The summed E-state index contributed by atoms with van der Waals surface area (Å²) in [5.74, 6) is -0.964. The van der Waals surface area contributed by atoms with E-state index in [-0.39, 0.29) is 47.6 Å².